The van der Waals surface area contributed by atoms with Gasteiger partial charge in [-0.05, 0) is 31.0 Å². The second-order valence-corrected chi connectivity index (χ2v) is 13.5. The summed E-state index contributed by atoms with van der Waals surface area (Å²) in [6, 6.07) is 2.73. The molecule has 3 heterocycles. The predicted molar refractivity (Wildman–Crippen MR) is 142 cm³/mol. The molecule has 1 aromatic carbocycles. The molecule has 0 aliphatic carbocycles. The van der Waals surface area contributed by atoms with E-state index in [9.17, 15) is 28.2 Å². The number of likely N-dealkylation sites (tertiary alicyclic amines) is 1. The van der Waals surface area contributed by atoms with Crippen molar-refractivity contribution in [2.45, 2.75) is 50.3 Å². The average molecular weight is 614 g/mol. The van der Waals surface area contributed by atoms with Crippen LogP contribution in [0.1, 0.15) is 25.8 Å². The molecule has 4 rings (SSSR count). The molecule has 1 aromatic rings. The van der Waals surface area contributed by atoms with E-state index in [0.717, 1.165) is 5.56 Å². The lowest BCUT2D eigenvalue weighted by Crippen LogP contribution is -2.63. The van der Waals surface area contributed by atoms with Gasteiger partial charge in [-0.15, -0.1) is 11.8 Å². The van der Waals surface area contributed by atoms with E-state index in [-0.39, 0.29) is 40.4 Å². The Hall–Kier alpha value is -1.09. The maximum Gasteiger partial charge on any atom is 0.353 e. The highest BCUT2D eigenvalue weighted by Gasteiger charge is 2.60. The summed E-state index contributed by atoms with van der Waals surface area (Å²) in [5, 5.41) is 25.9. The van der Waals surface area contributed by atoms with E-state index in [0.29, 0.717) is 34.5 Å². The SMILES string of the molecule is C[C@@H](O)[C@H]1C(=O)N2C(C(=O)O)=C(S[C@H]3C[C@@H](CNS(N)(=O)=O)N(Cc4cc(Cl)c(Cl)c(Cl)c4)C3)[C@H](C)[C@H]12. The number of hydrogen-bond donors (Lipinski definition) is 4. The summed E-state index contributed by atoms with van der Waals surface area (Å²) < 4.78 is 25.5. The van der Waals surface area contributed by atoms with Gasteiger partial charge < -0.3 is 15.1 Å². The van der Waals surface area contributed by atoms with Crippen molar-refractivity contribution in [1.82, 2.24) is 14.5 Å². The van der Waals surface area contributed by atoms with Gasteiger partial charge in [0.25, 0.3) is 10.2 Å². The molecule has 10 nitrogen and oxygen atoms in total. The number of aliphatic carboxylic acids is 1. The van der Waals surface area contributed by atoms with Crippen LogP contribution in [0.2, 0.25) is 15.1 Å². The first-order valence-corrected chi connectivity index (χ1v) is 15.1. The second kappa shape index (κ2) is 10.8. The standard InChI is InChI=1S/C22H27Cl3N4O6S2/c1-9-18-16(10(2)30)21(31)29(18)19(22(32)33)20(9)36-13-5-12(6-27-37(26,34)35)28(8-13)7-11-3-14(23)17(25)15(24)4-11/h3-4,9-10,12-13,16,18,27,30H,5-8H2,1-2H3,(H,32,33)(H2,26,34,35)/t9-,10-,12+,13+,16-,18-/m1/s1. The topological polar surface area (TPSA) is 153 Å². The molecule has 2 saturated heterocycles. The van der Waals surface area contributed by atoms with Crippen LogP contribution in [-0.2, 0) is 26.3 Å². The molecular formula is C22H27Cl3N4O6S2. The van der Waals surface area contributed by atoms with E-state index in [1.165, 1.54) is 23.6 Å². The van der Waals surface area contributed by atoms with Crippen LogP contribution in [-0.4, -0.2) is 76.8 Å². The summed E-state index contributed by atoms with van der Waals surface area (Å²) in [5.74, 6) is -2.49. The number of β-lactam (4-membered cyclic amide) rings is 1. The molecule has 5 N–H and O–H groups in total. The van der Waals surface area contributed by atoms with Crippen molar-refractivity contribution >= 4 is 68.7 Å². The fraction of sp³-hybridized carbons (Fsp3) is 0.545. The van der Waals surface area contributed by atoms with Gasteiger partial charge in [0, 0.05) is 41.7 Å². The van der Waals surface area contributed by atoms with Crippen LogP contribution in [0.15, 0.2) is 22.7 Å². The lowest BCUT2D eigenvalue weighted by molar-refractivity contribution is -0.163. The van der Waals surface area contributed by atoms with Crippen molar-refractivity contribution in [2.24, 2.45) is 17.0 Å². The molecule has 6 atom stereocenters. The van der Waals surface area contributed by atoms with Crippen LogP contribution in [0.25, 0.3) is 0 Å². The molecule has 0 aromatic heterocycles. The highest BCUT2D eigenvalue weighted by atomic mass is 35.5. The van der Waals surface area contributed by atoms with E-state index >= 15 is 0 Å². The van der Waals surface area contributed by atoms with Gasteiger partial charge in [0.05, 0.1) is 33.1 Å². The van der Waals surface area contributed by atoms with Crippen LogP contribution in [0.4, 0.5) is 0 Å². The fourth-order valence-corrected chi connectivity index (χ4v) is 8.09. The number of carboxylic acids is 1. The van der Waals surface area contributed by atoms with Gasteiger partial charge in [0.15, 0.2) is 0 Å². The minimum atomic E-state index is -3.92. The number of halogens is 3. The smallest absolute Gasteiger partial charge is 0.353 e. The second-order valence-electron chi connectivity index (χ2n) is 9.60. The van der Waals surface area contributed by atoms with Crippen LogP contribution in [0, 0.1) is 11.8 Å². The molecule has 0 radical (unpaired) electrons. The largest absolute Gasteiger partial charge is 0.477 e. The number of benzene rings is 1. The summed E-state index contributed by atoms with van der Waals surface area (Å²) >= 11 is 19.8. The number of nitrogens with two attached hydrogens (primary N) is 1. The maximum absolute atomic E-state index is 12.6. The normalized spacial score (nSPS) is 29.0. The van der Waals surface area contributed by atoms with Gasteiger partial charge in [0.2, 0.25) is 5.91 Å². The van der Waals surface area contributed by atoms with E-state index in [2.05, 4.69) is 4.72 Å². The van der Waals surface area contributed by atoms with Crippen molar-refractivity contribution in [1.29, 1.82) is 0 Å². The molecule has 0 spiro atoms. The Morgan fingerprint density at radius 2 is 1.92 bits per heavy atom. The van der Waals surface area contributed by atoms with E-state index < -0.39 is 34.2 Å². The van der Waals surface area contributed by atoms with E-state index in [1.807, 2.05) is 11.8 Å². The van der Waals surface area contributed by atoms with Gasteiger partial charge in [-0.3, -0.25) is 9.69 Å². The third-order valence-electron chi connectivity index (χ3n) is 7.04. The molecule has 2 fully saturated rings. The number of aliphatic hydroxyl groups excluding tert-OH is 1. The Kier molecular flexibility index (Phi) is 8.45. The minimum absolute atomic E-state index is 0.0432. The zero-order chi connectivity index (χ0) is 27.4. The number of carbonyl (C=O) groups is 2. The molecule has 0 bridgehead atoms. The average Bonchev–Trinajstić information content (AvgIpc) is 3.26. The predicted octanol–water partition coefficient (Wildman–Crippen LogP) is 2.27. The van der Waals surface area contributed by atoms with Gasteiger partial charge >= 0.3 is 5.97 Å². The highest BCUT2D eigenvalue weighted by molar-refractivity contribution is 8.03. The Labute approximate surface area is 234 Å². The van der Waals surface area contributed by atoms with Crippen molar-refractivity contribution in [3.05, 3.63) is 43.4 Å². The Morgan fingerprint density at radius 1 is 1.30 bits per heavy atom. The summed E-state index contributed by atoms with van der Waals surface area (Å²) in [6.07, 6.45) is -0.353. The van der Waals surface area contributed by atoms with Crippen LogP contribution >= 0.6 is 46.6 Å². The summed E-state index contributed by atoms with van der Waals surface area (Å²) in [5.41, 5.74) is 0.734. The Balaban J connectivity index is 1.57. The summed E-state index contributed by atoms with van der Waals surface area (Å²) in [6.45, 7) is 4.35. The Bertz CT molecular complexity index is 1240. The maximum atomic E-state index is 12.6. The van der Waals surface area contributed by atoms with Gasteiger partial charge in [-0.2, -0.15) is 8.42 Å². The molecule has 3 aliphatic rings. The van der Waals surface area contributed by atoms with E-state index in [1.54, 1.807) is 12.1 Å². The molecule has 37 heavy (non-hydrogen) atoms. The number of nitrogens with zero attached hydrogens (tertiary/aromatic N) is 2. The summed E-state index contributed by atoms with van der Waals surface area (Å²) in [4.78, 5) is 28.7. The molecule has 0 saturated carbocycles. The van der Waals surface area contributed by atoms with Crippen molar-refractivity contribution < 1.29 is 28.2 Å². The van der Waals surface area contributed by atoms with Crippen LogP contribution < -0.4 is 9.86 Å². The number of carbonyl (C=O) groups excluding carboxylic acids is 1. The number of carboxylic acid groups (broad SMARTS) is 1. The lowest BCUT2D eigenvalue weighted by atomic mass is 9.79. The van der Waals surface area contributed by atoms with Crippen molar-refractivity contribution in [3.63, 3.8) is 0 Å². The van der Waals surface area contributed by atoms with E-state index in [4.69, 9.17) is 39.9 Å². The quantitative estimate of drug-likeness (QED) is 0.244. The Morgan fingerprint density at radius 3 is 2.46 bits per heavy atom. The number of fused-ring (bicyclic) bond motifs is 1. The zero-order valence-electron chi connectivity index (χ0n) is 19.9. The van der Waals surface area contributed by atoms with Crippen molar-refractivity contribution in [2.75, 3.05) is 13.1 Å². The molecule has 1 amide bonds. The fourth-order valence-electron chi connectivity index (χ4n) is 5.43. The third kappa shape index (κ3) is 5.78. The molecular weight excluding hydrogens is 587 g/mol. The lowest BCUT2D eigenvalue weighted by Gasteiger charge is -2.46. The number of thioether (sulfide) groups is 1. The molecule has 0 unspecified atom stereocenters. The monoisotopic (exact) mass is 612 g/mol. The molecule has 15 heteroatoms. The number of nitrogens with one attached hydrogen (secondary N) is 1. The van der Waals surface area contributed by atoms with Crippen LogP contribution in [0.3, 0.4) is 0 Å². The van der Waals surface area contributed by atoms with Gasteiger partial charge in [0.1, 0.15) is 5.70 Å². The van der Waals surface area contributed by atoms with Gasteiger partial charge in [-0.25, -0.2) is 14.7 Å². The molecule has 204 valence electrons. The molecule has 3 aliphatic heterocycles. The minimum Gasteiger partial charge on any atom is -0.477 e. The van der Waals surface area contributed by atoms with Crippen molar-refractivity contribution in [3.8, 4) is 0 Å². The summed E-state index contributed by atoms with van der Waals surface area (Å²) in [7, 11) is -3.92. The third-order valence-corrected chi connectivity index (χ3v) is 10.3. The highest BCUT2D eigenvalue weighted by Crippen LogP contribution is 2.52. The number of hydrogen-bond acceptors (Lipinski definition) is 7. The first kappa shape index (κ1) is 28.9. The van der Waals surface area contributed by atoms with Gasteiger partial charge in [-0.1, -0.05) is 41.7 Å². The number of aliphatic hydroxyl groups is 1. The van der Waals surface area contributed by atoms with Crippen LogP contribution in [0.5, 0.6) is 0 Å². The zero-order valence-corrected chi connectivity index (χ0v) is 23.8. The number of amides is 1. The first-order chi connectivity index (χ1) is 17.2. The number of rotatable bonds is 9. The first-order valence-electron chi connectivity index (χ1n) is 11.5.